The van der Waals surface area contributed by atoms with Crippen LogP contribution in [-0.2, 0) is 0 Å². The van der Waals surface area contributed by atoms with E-state index in [9.17, 15) is 10.1 Å². The molecule has 138 valence electrons. The highest BCUT2D eigenvalue weighted by atomic mass is 16.6. The molecule has 0 saturated heterocycles. The summed E-state index contributed by atoms with van der Waals surface area (Å²) < 4.78 is 21.3. The van der Waals surface area contributed by atoms with Crippen LogP contribution in [0.25, 0.3) is 5.57 Å². The predicted octanol–water partition coefficient (Wildman–Crippen LogP) is 4.08. The van der Waals surface area contributed by atoms with Crippen LogP contribution in [0.15, 0.2) is 36.9 Å². The first kappa shape index (κ1) is 19.1. The van der Waals surface area contributed by atoms with Gasteiger partial charge >= 0.3 is 5.69 Å². The van der Waals surface area contributed by atoms with E-state index in [1.807, 2.05) is 0 Å². The van der Waals surface area contributed by atoms with Crippen molar-refractivity contribution >= 4 is 11.3 Å². The Labute approximate surface area is 151 Å². The highest BCUT2D eigenvalue weighted by molar-refractivity contribution is 5.82. The first-order valence-corrected chi connectivity index (χ1v) is 7.87. The molecule has 2 aromatic carbocycles. The molecule has 2 aromatic rings. The van der Waals surface area contributed by atoms with Crippen molar-refractivity contribution in [2.24, 2.45) is 0 Å². The summed E-state index contributed by atoms with van der Waals surface area (Å²) in [6.45, 7) is 6.17. The van der Waals surface area contributed by atoms with Gasteiger partial charge in [0, 0.05) is 6.07 Å². The summed E-state index contributed by atoms with van der Waals surface area (Å²) in [5.74, 6) is 1.63. The van der Waals surface area contributed by atoms with Crippen molar-refractivity contribution in [3.8, 4) is 23.0 Å². The van der Waals surface area contributed by atoms with Gasteiger partial charge in [0.25, 0.3) is 0 Å². The zero-order valence-corrected chi connectivity index (χ0v) is 15.2. The number of hydrogen-bond acceptors (Lipinski definition) is 6. The van der Waals surface area contributed by atoms with E-state index in [1.165, 1.54) is 27.4 Å². The molecule has 0 aliphatic heterocycles. The normalized spacial score (nSPS) is 10.2. The van der Waals surface area contributed by atoms with Crippen molar-refractivity contribution in [1.82, 2.24) is 0 Å². The van der Waals surface area contributed by atoms with Gasteiger partial charge in [0.15, 0.2) is 17.2 Å². The van der Waals surface area contributed by atoms with E-state index in [2.05, 4.69) is 6.58 Å². The maximum Gasteiger partial charge on any atom is 0.311 e. The van der Waals surface area contributed by atoms with Gasteiger partial charge in [-0.25, -0.2) is 0 Å². The summed E-state index contributed by atoms with van der Waals surface area (Å²) in [5.41, 5.74) is 1.75. The number of ether oxygens (including phenoxy) is 4. The molecule has 2 rings (SSSR count). The molecule has 0 fully saturated rings. The Bertz CT molecular complexity index is 806. The van der Waals surface area contributed by atoms with Crippen LogP contribution < -0.4 is 18.9 Å². The van der Waals surface area contributed by atoms with Gasteiger partial charge in [-0.1, -0.05) is 12.6 Å². The lowest BCUT2D eigenvalue weighted by Crippen LogP contribution is -2.00. The van der Waals surface area contributed by atoms with E-state index < -0.39 is 4.92 Å². The Kier molecular flexibility index (Phi) is 6.06. The lowest BCUT2D eigenvalue weighted by atomic mass is 9.98. The average Bonchev–Trinajstić information content (AvgIpc) is 2.66. The van der Waals surface area contributed by atoms with Gasteiger partial charge in [0.1, 0.15) is 0 Å². The number of rotatable bonds is 8. The summed E-state index contributed by atoms with van der Waals surface area (Å²) in [6.07, 6.45) is 0. The molecule has 0 aromatic heterocycles. The van der Waals surface area contributed by atoms with Crippen molar-refractivity contribution < 1.29 is 23.9 Å². The van der Waals surface area contributed by atoms with Crippen LogP contribution in [-0.4, -0.2) is 32.9 Å². The summed E-state index contributed by atoms with van der Waals surface area (Å²) in [7, 11) is 4.56. The number of nitro groups is 1. The van der Waals surface area contributed by atoms with E-state index in [0.29, 0.717) is 40.6 Å². The third-order valence-electron chi connectivity index (χ3n) is 3.82. The van der Waals surface area contributed by atoms with Gasteiger partial charge in [0.2, 0.25) is 5.75 Å². The van der Waals surface area contributed by atoms with Gasteiger partial charge in [0.05, 0.1) is 32.9 Å². The van der Waals surface area contributed by atoms with Crippen LogP contribution in [0.1, 0.15) is 18.1 Å². The number of benzene rings is 2. The van der Waals surface area contributed by atoms with E-state index in [-0.39, 0.29) is 11.4 Å². The monoisotopic (exact) mass is 359 g/mol. The fourth-order valence-corrected chi connectivity index (χ4v) is 2.55. The van der Waals surface area contributed by atoms with Gasteiger partial charge in [-0.3, -0.25) is 10.1 Å². The van der Waals surface area contributed by atoms with Gasteiger partial charge in [-0.15, -0.1) is 0 Å². The SMILES string of the molecule is C=C(c1cc(OC)c(OC)c(OC)c1)c1ccc(OCC)c([N+](=O)[O-])c1. The van der Waals surface area contributed by atoms with Crippen molar-refractivity contribution in [3.05, 3.63) is 58.2 Å². The molecule has 7 heteroatoms. The first-order chi connectivity index (χ1) is 12.5. The minimum Gasteiger partial charge on any atom is -0.493 e. The maximum atomic E-state index is 11.3. The quantitative estimate of drug-likeness (QED) is 0.522. The number of hydrogen-bond donors (Lipinski definition) is 0. The molecule has 0 heterocycles. The highest BCUT2D eigenvalue weighted by Crippen LogP contribution is 2.41. The molecule has 26 heavy (non-hydrogen) atoms. The molecule has 0 atom stereocenters. The van der Waals surface area contributed by atoms with Crippen LogP contribution in [0.5, 0.6) is 23.0 Å². The largest absolute Gasteiger partial charge is 0.493 e. The highest BCUT2D eigenvalue weighted by Gasteiger charge is 2.19. The third-order valence-corrected chi connectivity index (χ3v) is 3.82. The lowest BCUT2D eigenvalue weighted by molar-refractivity contribution is -0.385. The predicted molar refractivity (Wildman–Crippen MR) is 98.5 cm³/mol. The summed E-state index contributed by atoms with van der Waals surface area (Å²) in [6, 6.07) is 8.22. The molecule has 0 aliphatic carbocycles. The van der Waals surface area contributed by atoms with Crippen LogP contribution in [0.3, 0.4) is 0 Å². The summed E-state index contributed by atoms with van der Waals surface area (Å²) in [4.78, 5) is 10.9. The summed E-state index contributed by atoms with van der Waals surface area (Å²) in [5, 5.41) is 11.3. The average molecular weight is 359 g/mol. The number of nitrogens with zero attached hydrogens (tertiary/aromatic N) is 1. The molecule has 0 spiro atoms. The van der Waals surface area contributed by atoms with Crippen molar-refractivity contribution in [1.29, 1.82) is 0 Å². The van der Waals surface area contributed by atoms with Crippen molar-refractivity contribution in [2.75, 3.05) is 27.9 Å². The van der Waals surface area contributed by atoms with Crippen molar-refractivity contribution in [2.45, 2.75) is 6.92 Å². The van der Waals surface area contributed by atoms with Gasteiger partial charge < -0.3 is 18.9 Å². The fraction of sp³-hybridized carbons (Fsp3) is 0.263. The van der Waals surface area contributed by atoms with Crippen LogP contribution in [0.4, 0.5) is 5.69 Å². The molecule has 0 radical (unpaired) electrons. The Balaban J connectivity index is 2.52. The number of methoxy groups -OCH3 is 3. The second kappa shape index (κ2) is 8.24. The maximum absolute atomic E-state index is 11.3. The van der Waals surface area contributed by atoms with E-state index >= 15 is 0 Å². The Morgan fingerprint density at radius 1 is 1.00 bits per heavy atom. The zero-order chi connectivity index (χ0) is 19.3. The lowest BCUT2D eigenvalue weighted by Gasteiger charge is -2.15. The second-order valence-corrected chi connectivity index (χ2v) is 5.27. The molecular weight excluding hydrogens is 338 g/mol. The van der Waals surface area contributed by atoms with Gasteiger partial charge in [-0.2, -0.15) is 0 Å². The molecular formula is C19H21NO6. The Morgan fingerprint density at radius 2 is 1.62 bits per heavy atom. The molecule has 0 amide bonds. The van der Waals surface area contributed by atoms with E-state index in [4.69, 9.17) is 18.9 Å². The van der Waals surface area contributed by atoms with Gasteiger partial charge in [-0.05, 0) is 41.8 Å². The minimum absolute atomic E-state index is 0.113. The molecule has 7 nitrogen and oxygen atoms in total. The summed E-state index contributed by atoms with van der Waals surface area (Å²) >= 11 is 0. The smallest absolute Gasteiger partial charge is 0.311 e. The standard InChI is InChI=1S/C19H21NO6/c1-6-26-16-8-7-13(9-15(16)20(21)22)12(2)14-10-17(23-3)19(25-5)18(11-14)24-4/h7-11H,2,6H2,1,3-5H3. The molecule has 0 unspecified atom stereocenters. The Hall–Kier alpha value is -3.22. The first-order valence-electron chi connectivity index (χ1n) is 7.87. The number of nitro benzene ring substituents is 1. The van der Waals surface area contributed by atoms with Crippen LogP contribution in [0.2, 0.25) is 0 Å². The zero-order valence-electron chi connectivity index (χ0n) is 15.2. The van der Waals surface area contributed by atoms with Crippen LogP contribution in [0, 0.1) is 10.1 Å². The topological polar surface area (TPSA) is 80.1 Å². The fourth-order valence-electron chi connectivity index (χ4n) is 2.55. The second-order valence-electron chi connectivity index (χ2n) is 5.27. The van der Waals surface area contributed by atoms with E-state index in [1.54, 1.807) is 31.2 Å². The molecule has 0 saturated carbocycles. The molecule has 0 N–H and O–H groups in total. The molecule has 0 aliphatic rings. The van der Waals surface area contributed by atoms with Crippen molar-refractivity contribution in [3.63, 3.8) is 0 Å². The molecule has 0 bridgehead atoms. The third kappa shape index (κ3) is 3.72. The Morgan fingerprint density at radius 3 is 2.08 bits per heavy atom. The van der Waals surface area contributed by atoms with E-state index in [0.717, 1.165) is 0 Å². The van der Waals surface area contributed by atoms with Crippen LogP contribution >= 0.6 is 0 Å². The minimum atomic E-state index is -0.475.